The highest BCUT2D eigenvalue weighted by atomic mass is 16.5. The first-order chi connectivity index (χ1) is 12.7. The topological polar surface area (TPSA) is 57.7 Å². The molecule has 0 aliphatic carbocycles. The Morgan fingerprint density at radius 2 is 1.96 bits per heavy atom. The lowest BCUT2D eigenvalue weighted by Crippen LogP contribution is -2.44. The molecule has 1 fully saturated rings. The third kappa shape index (κ3) is 4.52. The molecule has 1 aromatic heterocycles. The molecule has 0 unspecified atom stereocenters. The number of rotatable bonds is 6. The van der Waals surface area contributed by atoms with E-state index in [0.717, 1.165) is 49.7 Å². The van der Waals surface area contributed by atoms with Crippen molar-refractivity contribution in [2.75, 3.05) is 51.8 Å². The number of pyridine rings is 1. The smallest absolute Gasteiger partial charge is 0.251 e. The summed E-state index contributed by atoms with van der Waals surface area (Å²) < 4.78 is 5.35. The van der Waals surface area contributed by atoms with Crippen molar-refractivity contribution in [1.82, 2.24) is 15.2 Å². The summed E-state index contributed by atoms with van der Waals surface area (Å²) in [5.74, 6) is 1.65. The lowest BCUT2D eigenvalue weighted by Gasteiger charge is -2.33. The summed E-state index contributed by atoms with van der Waals surface area (Å²) in [6.07, 6.45) is 2.44. The maximum atomic E-state index is 12.5. The van der Waals surface area contributed by atoms with E-state index in [1.54, 1.807) is 19.4 Å². The van der Waals surface area contributed by atoms with Crippen LogP contribution in [0.15, 0.2) is 42.6 Å². The highest BCUT2D eigenvalue weighted by Crippen LogP contribution is 2.18. The number of carbonyl (C=O) groups excluding carboxylic acids is 1. The van der Waals surface area contributed by atoms with E-state index in [0.29, 0.717) is 12.1 Å². The van der Waals surface area contributed by atoms with E-state index in [1.165, 1.54) is 0 Å². The van der Waals surface area contributed by atoms with Gasteiger partial charge in [0.05, 0.1) is 7.11 Å². The van der Waals surface area contributed by atoms with E-state index in [-0.39, 0.29) is 5.91 Å². The van der Waals surface area contributed by atoms with Crippen molar-refractivity contribution in [3.05, 3.63) is 53.7 Å². The van der Waals surface area contributed by atoms with Crippen molar-refractivity contribution in [3.8, 4) is 5.75 Å². The van der Waals surface area contributed by atoms with Gasteiger partial charge in [-0.15, -0.1) is 0 Å². The van der Waals surface area contributed by atoms with E-state index in [9.17, 15) is 4.79 Å². The first-order valence-electron chi connectivity index (χ1n) is 8.97. The Labute approximate surface area is 154 Å². The minimum Gasteiger partial charge on any atom is -0.496 e. The number of methoxy groups -OCH3 is 1. The number of hydrogen-bond donors (Lipinski definition) is 1. The van der Waals surface area contributed by atoms with Gasteiger partial charge in [0.2, 0.25) is 0 Å². The average molecular weight is 354 g/mol. The highest BCUT2D eigenvalue weighted by Gasteiger charge is 2.16. The normalized spacial score (nSPS) is 14.9. The molecule has 138 valence electrons. The molecule has 3 rings (SSSR count). The molecule has 1 amide bonds. The van der Waals surface area contributed by atoms with Gasteiger partial charge in [0, 0.05) is 44.5 Å². The van der Waals surface area contributed by atoms with Gasteiger partial charge in [0.15, 0.2) is 0 Å². The molecule has 6 nitrogen and oxygen atoms in total. The van der Waals surface area contributed by atoms with Crippen molar-refractivity contribution in [2.24, 2.45) is 0 Å². The molecule has 0 bridgehead atoms. The lowest BCUT2D eigenvalue weighted by molar-refractivity contribution is 0.0954. The van der Waals surface area contributed by atoms with Gasteiger partial charge in [0.25, 0.3) is 5.91 Å². The number of anilines is 1. The highest BCUT2D eigenvalue weighted by molar-refractivity contribution is 5.94. The van der Waals surface area contributed by atoms with Crippen LogP contribution in [-0.2, 0) is 6.42 Å². The number of ether oxygens (including phenoxy) is 1. The van der Waals surface area contributed by atoms with E-state index >= 15 is 0 Å². The second-order valence-corrected chi connectivity index (χ2v) is 6.51. The van der Waals surface area contributed by atoms with Crippen molar-refractivity contribution < 1.29 is 9.53 Å². The molecule has 0 spiro atoms. The minimum atomic E-state index is -0.0716. The SMILES string of the molecule is COc1ccccc1CCNC(=O)c1ccnc(N2CCN(C)CC2)c1. The van der Waals surface area contributed by atoms with Gasteiger partial charge in [0.1, 0.15) is 11.6 Å². The monoisotopic (exact) mass is 354 g/mol. The number of para-hydroxylation sites is 1. The minimum absolute atomic E-state index is 0.0716. The molecule has 2 aromatic rings. The lowest BCUT2D eigenvalue weighted by atomic mass is 10.1. The Kier molecular flexibility index (Phi) is 6.07. The molecule has 0 saturated carbocycles. The second kappa shape index (κ2) is 8.67. The number of aromatic nitrogens is 1. The zero-order valence-corrected chi connectivity index (χ0v) is 15.4. The van der Waals surface area contributed by atoms with Gasteiger partial charge >= 0.3 is 0 Å². The van der Waals surface area contributed by atoms with Crippen LogP contribution in [0.4, 0.5) is 5.82 Å². The first-order valence-corrected chi connectivity index (χ1v) is 8.97. The van der Waals surface area contributed by atoms with Crippen LogP contribution in [0.2, 0.25) is 0 Å². The second-order valence-electron chi connectivity index (χ2n) is 6.51. The average Bonchev–Trinajstić information content (AvgIpc) is 2.69. The number of carbonyl (C=O) groups is 1. The Bertz CT molecular complexity index is 742. The molecule has 0 radical (unpaired) electrons. The molecule has 6 heteroatoms. The molecule has 26 heavy (non-hydrogen) atoms. The zero-order chi connectivity index (χ0) is 18.4. The van der Waals surface area contributed by atoms with Crippen LogP contribution < -0.4 is 15.0 Å². The first kappa shape index (κ1) is 18.2. The van der Waals surface area contributed by atoms with Gasteiger partial charge in [-0.2, -0.15) is 0 Å². The van der Waals surface area contributed by atoms with Crippen LogP contribution >= 0.6 is 0 Å². The Morgan fingerprint density at radius 3 is 2.73 bits per heavy atom. The molecular weight excluding hydrogens is 328 g/mol. The van der Waals surface area contributed by atoms with E-state index in [2.05, 4.69) is 27.1 Å². The number of piperazine rings is 1. The largest absolute Gasteiger partial charge is 0.496 e. The van der Waals surface area contributed by atoms with Crippen molar-refractivity contribution in [3.63, 3.8) is 0 Å². The van der Waals surface area contributed by atoms with Gasteiger partial charge in [-0.1, -0.05) is 18.2 Å². The molecule has 1 N–H and O–H groups in total. The fourth-order valence-electron chi connectivity index (χ4n) is 3.09. The predicted molar refractivity (Wildman–Crippen MR) is 103 cm³/mol. The Hall–Kier alpha value is -2.60. The van der Waals surface area contributed by atoms with Crippen molar-refractivity contribution >= 4 is 11.7 Å². The third-order valence-electron chi connectivity index (χ3n) is 4.71. The number of likely N-dealkylation sites (N-methyl/N-ethyl adjacent to an activating group) is 1. The summed E-state index contributed by atoms with van der Waals surface area (Å²) in [7, 11) is 3.78. The zero-order valence-electron chi connectivity index (χ0n) is 15.4. The van der Waals surface area contributed by atoms with Crippen molar-refractivity contribution in [1.29, 1.82) is 0 Å². The molecule has 2 heterocycles. The van der Waals surface area contributed by atoms with Crippen molar-refractivity contribution in [2.45, 2.75) is 6.42 Å². The van der Waals surface area contributed by atoms with Crippen LogP contribution in [0.1, 0.15) is 15.9 Å². The Balaban J connectivity index is 1.57. The third-order valence-corrected chi connectivity index (χ3v) is 4.71. The van der Waals surface area contributed by atoms with Gasteiger partial charge in [-0.25, -0.2) is 4.98 Å². The maximum absolute atomic E-state index is 12.5. The van der Waals surface area contributed by atoms with Gasteiger partial charge in [-0.05, 0) is 37.2 Å². The summed E-state index contributed by atoms with van der Waals surface area (Å²) in [5, 5.41) is 2.99. The number of benzene rings is 1. The van der Waals surface area contributed by atoms with E-state index < -0.39 is 0 Å². The molecule has 1 aliphatic rings. The van der Waals surface area contributed by atoms with Crippen LogP contribution in [0, 0.1) is 0 Å². The number of nitrogens with zero attached hydrogens (tertiary/aromatic N) is 3. The van der Waals surface area contributed by atoms with Crippen LogP contribution in [0.5, 0.6) is 5.75 Å². The predicted octanol–water partition coefficient (Wildman–Crippen LogP) is 1.81. The van der Waals surface area contributed by atoms with Gasteiger partial charge < -0.3 is 19.9 Å². The fourth-order valence-corrected chi connectivity index (χ4v) is 3.09. The molecule has 1 saturated heterocycles. The summed E-state index contributed by atoms with van der Waals surface area (Å²) in [4.78, 5) is 21.4. The van der Waals surface area contributed by atoms with Gasteiger partial charge in [-0.3, -0.25) is 4.79 Å². The Morgan fingerprint density at radius 1 is 1.19 bits per heavy atom. The summed E-state index contributed by atoms with van der Waals surface area (Å²) >= 11 is 0. The number of hydrogen-bond acceptors (Lipinski definition) is 5. The molecule has 1 aliphatic heterocycles. The quantitative estimate of drug-likeness (QED) is 0.857. The fraction of sp³-hybridized carbons (Fsp3) is 0.400. The number of nitrogens with one attached hydrogen (secondary N) is 1. The standard InChI is InChI=1S/C20H26N4O2/c1-23-11-13-24(14-12-23)19-15-17(8-9-21-19)20(25)22-10-7-16-5-3-4-6-18(16)26-2/h3-6,8-9,15H,7,10-14H2,1-2H3,(H,22,25). The molecule has 1 aromatic carbocycles. The summed E-state index contributed by atoms with van der Waals surface area (Å²) in [5.41, 5.74) is 1.73. The molecule has 0 atom stereocenters. The molecular formula is C20H26N4O2. The van der Waals surface area contributed by atoms with Crippen LogP contribution in [-0.4, -0.2) is 62.7 Å². The summed E-state index contributed by atoms with van der Waals surface area (Å²) in [6.45, 7) is 4.45. The number of amides is 1. The summed E-state index contributed by atoms with van der Waals surface area (Å²) in [6, 6.07) is 11.5. The van der Waals surface area contributed by atoms with E-state index in [4.69, 9.17) is 4.74 Å². The maximum Gasteiger partial charge on any atom is 0.251 e. The van der Waals surface area contributed by atoms with E-state index in [1.807, 2.05) is 30.3 Å². The van der Waals surface area contributed by atoms with Crippen LogP contribution in [0.3, 0.4) is 0 Å². The van der Waals surface area contributed by atoms with Crippen LogP contribution in [0.25, 0.3) is 0 Å².